The molecule has 1 aliphatic heterocycles. The number of nitro groups is 1. The number of ether oxygens (including phenoxy) is 2. The number of benzene rings is 1. The number of esters is 2. The van der Waals surface area contributed by atoms with Gasteiger partial charge in [-0.2, -0.15) is 0 Å². The van der Waals surface area contributed by atoms with Gasteiger partial charge in [0.05, 0.1) is 16.9 Å². The smallest absolute Gasteiger partial charge is 0.313 e. The number of carbonyl (C=O) groups excluding carboxylic acids is 5. The van der Waals surface area contributed by atoms with Crippen LogP contribution in [-0.4, -0.2) is 99.8 Å². The number of nitro benzene ring substituents is 1. The van der Waals surface area contributed by atoms with Crippen LogP contribution in [0.5, 0.6) is 0 Å². The zero-order valence-electron chi connectivity index (χ0n) is 37.9. The van der Waals surface area contributed by atoms with Crippen LogP contribution in [0.15, 0.2) is 23.6 Å². The number of hydrogen-bond donors (Lipinski definition) is 2. The number of amides is 3. The molecule has 1 aromatic carbocycles. The SMILES string of the molecule is CC[C@H](C)[C@H](NC(=O)[C@H]1C[C@H](C)CCN1C)C(=O)N(CC)C(C[C@@H](OC(C)=O)c1nc(C(=O)N[C@H]2Cc3ccc([N+](=O)[O-])cc3[C@H](C(=O)OC3CCCCCC3)C2)cs1)C(C)C. The third-order valence-electron chi connectivity index (χ3n) is 13.2. The van der Waals surface area contributed by atoms with Gasteiger partial charge in [-0.1, -0.05) is 59.9 Å². The largest absolute Gasteiger partial charge is 0.462 e. The molecule has 1 unspecified atom stereocenters. The molecule has 2 fully saturated rings. The number of likely N-dealkylation sites (N-methyl/N-ethyl adjacent to an activating group) is 2. The number of fused-ring (bicyclic) bond motifs is 1. The van der Waals surface area contributed by atoms with Crippen molar-refractivity contribution < 1.29 is 38.4 Å². The Bertz CT molecular complexity index is 1900. The van der Waals surface area contributed by atoms with Gasteiger partial charge in [-0.3, -0.25) is 39.0 Å². The Balaban J connectivity index is 1.33. The van der Waals surface area contributed by atoms with E-state index in [2.05, 4.69) is 27.4 Å². The zero-order chi connectivity index (χ0) is 45.2. The minimum absolute atomic E-state index is 0.0730. The highest BCUT2D eigenvalue weighted by atomic mass is 32.1. The van der Waals surface area contributed by atoms with E-state index in [-0.39, 0.29) is 60.0 Å². The van der Waals surface area contributed by atoms with Gasteiger partial charge in [-0.25, -0.2) is 4.98 Å². The van der Waals surface area contributed by atoms with E-state index in [4.69, 9.17) is 9.47 Å². The van der Waals surface area contributed by atoms with Crippen molar-refractivity contribution in [1.29, 1.82) is 0 Å². The zero-order valence-corrected chi connectivity index (χ0v) is 38.7. The minimum atomic E-state index is -0.872. The predicted octanol–water partition coefficient (Wildman–Crippen LogP) is 7.27. The van der Waals surface area contributed by atoms with E-state index in [0.29, 0.717) is 35.9 Å². The van der Waals surface area contributed by atoms with Crippen molar-refractivity contribution >= 4 is 46.7 Å². The van der Waals surface area contributed by atoms with Gasteiger partial charge < -0.3 is 25.0 Å². The molecule has 15 nitrogen and oxygen atoms in total. The maximum Gasteiger partial charge on any atom is 0.313 e. The lowest BCUT2D eigenvalue weighted by molar-refractivity contribution is -0.385. The first-order valence-electron chi connectivity index (χ1n) is 22.7. The monoisotopic (exact) mass is 880 g/mol. The number of non-ortho nitro benzene ring substituents is 1. The lowest BCUT2D eigenvalue weighted by Crippen LogP contribution is -2.59. The molecule has 2 aromatic rings. The lowest BCUT2D eigenvalue weighted by Gasteiger charge is -2.40. The molecule has 5 rings (SSSR count). The number of piperidine rings is 1. The molecule has 342 valence electrons. The van der Waals surface area contributed by atoms with E-state index < -0.39 is 52.9 Å². The molecule has 0 bridgehead atoms. The van der Waals surface area contributed by atoms with Crippen LogP contribution < -0.4 is 10.6 Å². The van der Waals surface area contributed by atoms with Crippen molar-refractivity contribution in [2.24, 2.45) is 17.8 Å². The van der Waals surface area contributed by atoms with Gasteiger partial charge in [0.15, 0.2) is 6.10 Å². The van der Waals surface area contributed by atoms with E-state index in [0.717, 1.165) is 63.5 Å². The van der Waals surface area contributed by atoms with Crippen LogP contribution in [0.3, 0.4) is 0 Å². The summed E-state index contributed by atoms with van der Waals surface area (Å²) in [5.74, 6) is -2.39. The van der Waals surface area contributed by atoms with E-state index in [1.54, 1.807) is 16.3 Å². The summed E-state index contributed by atoms with van der Waals surface area (Å²) < 4.78 is 11.9. The third kappa shape index (κ3) is 12.4. The van der Waals surface area contributed by atoms with Gasteiger partial charge in [0.25, 0.3) is 11.6 Å². The fourth-order valence-electron chi connectivity index (χ4n) is 9.31. The summed E-state index contributed by atoms with van der Waals surface area (Å²) in [6.07, 6.45) is 7.79. The van der Waals surface area contributed by atoms with Crippen LogP contribution in [0.4, 0.5) is 5.69 Å². The van der Waals surface area contributed by atoms with Crippen LogP contribution in [0.1, 0.15) is 158 Å². The molecule has 1 saturated carbocycles. The highest BCUT2D eigenvalue weighted by Gasteiger charge is 2.40. The molecule has 3 amide bonds. The van der Waals surface area contributed by atoms with Crippen molar-refractivity contribution in [2.75, 3.05) is 20.1 Å². The van der Waals surface area contributed by atoms with Gasteiger partial charge in [-0.05, 0) is 101 Å². The second-order valence-electron chi connectivity index (χ2n) is 18.2. The Morgan fingerprint density at radius 1 is 1.05 bits per heavy atom. The Morgan fingerprint density at radius 2 is 1.76 bits per heavy atom. The second-order valence-corrected chi connectivity index (χ2v) is 19.1. The third-order valence-corrected chi connectivity index (χ3v) is 14.1. The number of aromatic nitrogens is 1. The van der Waals surface area contributed by atoms with Crippen molar-refractivity contribution in [3.63, 3.8) is 0 Å². The van der Waals surface area contributed by atoms with Crippen molar-refractivity contribution in [3.8, 4) is 0 Å². The highest BCUT2D eigenvalue weighted by Crippen LogP contribution is 2.37. The highest BCUT2D eigenvalue weighted by molar-refractivity contribution is 7.09. The maximum absolute atomic E-state index is 14.6. The van der Waals surface area contributed by atoms with E-state index >= 15 is 0 Å². The number of carbonyl (C=O) groups is 5. The normalized spacial score (nSPS) is 22.9. The Morgan fingerprint density at radius 3 is 2.39 bits per heavy atom. The number of rotatable bonds is 17. The van der Waals surface area contributed by atoms with Crippen molar-refractivity contribution in [2.45, 2.75) is 168 Å². The van der Waals surface area contributed by atoms with Crippen LogP contribution in [-0.2, 0) is 35.1 Å². The Hall–Kier alpha value is -4.44. The van der Waals surface area contributed by atoms with Crippen molar-refractivity contribution in [1.82, 2.24) is 25.4 Å². The molecule has 16 heteroatoms. The molecular weight excluding hydrogens is 813 g/mol. The molecule has 3 aliphatic rings. The fraction of sp³-hybridized carbons (Fsp3) is 0.696. The van der Waals surface area contributed by atoms with Gasteiger partial charge in [0.1, 0.15) is 22.8 Å². The summed E-state index contributed by atoms with van der Waals surface area (Å²) in [6.45, 7) is 14.5. The van der Waals surface area contributed by atoms with Gasteiger partial charge in [-0.15, -0.1) is 11.3 Å². The van der Waals surface area contributed by atoms with Gasteiger partial charge in [0, 0.05) is 49.5 Å². The first kappa shape index (κ1) is 48.6. The molecule has 8 atom stereocenters. The molecule has 1 saturated heterocycles. The average molecular weight is 881 g/mol. The summed E-state index contributed by atoms with van der Waals surface area (Å²) in [6, 6.07) is 2.54. The van der Waals surface area contributed by atoms with Crippen LogP contribution >= 0.6 is 11.3 Å². The van der Waals surface area contributed by atoms with E-state index in [9.17, 15) is 34.1 Å². The van der Waals surface area contributed by atoms with E-state index in [1.165, 1.54) is 30.4 Å². The van der Waals surface area contributed by atoms with Crippen LogP contribution in [0.2, 0.25) is 0 Å². The number of nitrogens with zero attached hydrogens (tertiary/aromatic N) is 4. The summed E-state index contributed by atoms with van der Waals surface area (Å²) in [7, 11) is 1.95. The van der Waals surface area contributed by atoms with Gasteiger partial charge in [0.2, 0.25) is 11.8 Å². The number of hydrogen-bond acceptors (Lipinski definition) is 12. The number of nitrogens with one attached hydrogen (secondary N) is 2. The molecular formula is C46H68N6O9S. The number of likely N-dealkylation sites (tertiary alicyclic amines) is 1. The fourth-order valence-corrected chi connectivity index (χ4v) is 10.2. The first-order valence-corrected chi connectivity index (χ1v) is 23.6. The molecule has 0 spiro atoms. The molecule has 0 radical (unpaired) electrons. The molecule has 2 N–H and O–H groups in total. The Kier molecular flexibility index (Phi) is 17.4. The van der Waals surface area contributed by atoms with E-state index in [1.807, 2.05) is 41.7 Å². The van der Waals surface area contributed by atoms with Crippen molar-refractivity contribution in [3.05, 3.63) is 55.5 Å². The van der Waals surface area contributed by atoms with Crippen LogP contribution in [0.25, 0.3) is 0 Å². The summed E-state index contributed by atoms with van der Waals surface area (Å²) >= 11 is 1.18. The second kappa shape index (κ2) is 22.3. The molecule has 1 aromatic heterocycles. The summed E-state index contributed by atoms with van der Waals surface area (Å²) in [5, 5.41) is 19.9. The standard InChI is InChI=1S/C46H68N6O9S/c1-9-29(6)41(49-43(55)39-21-28(5)19-20-50(39)8)45(56)51(10-2)38(27(3)4)25-40(60-30(7)53)44-48-37(26-62-44)42(54)47-32-22-31-17-18-33(52(58)59)24-35(31)36(23-32)46(57)61-34-15-13-11-12-14-16-34/h17-18,24,26-29,32,34,36,38-41H,9-16,19-23,25H2,1-8H3,(H,47,54)(H,49,55)/t28-,29+,32+,36-,38?,39-,40-,41+/m1/s1. The minimum Gasteiger partial charge on any atom is -0.462 e. The molecule has 62 heavy (non-hydrogen) atoms. The summed E-state index contributed by atoms with van der Waals surface area (Å²) in [4.78, 5) is 88.2. The average Bonchev–Trinajstić information content (AvgIpc) is 3.60. The Labute approximate surface area is 370 Å². The van der Waals surface area contributed by atoms with Gasteiger partial charge >= 0.3 is 11.9 Å². The molecule has 2 aliphatic carbocycles. The number of thiazole rings is 1. The lowest BCUT2D eigenvalue weighted by atomic mass is 9.79. The quantitative estimate of drug-likeness (QED) is 0.0703. The first-order chi connectivity index (χ1) is 29.5. The maximum atomic E-state index is 14.6. The van der Waals surface area contributed by atoms with Crippen LogP contribution in [0, 0.1) is 27.9 Å². The topological polar surface area (TPSA) is 190 Å². The molecule has 2 heterocycles. The summed E-state index contributed by atoms with van der Waals surface area (Å²) in [5.41, 5.74) is 1.28. The predicted molar refractivity (Wildman–Crippen MR) is 236 cm³/mol.